The minimum absolute atomic E-state index is 0.0373. The number of nitrogens with zero attached hydrogens (tertiary/aromatic N) is 1. The molecule has 0 aromatic carbocycles. The van der Waals surface area contributed by atoms with Crippen molar-refractivity contribution >= 4 is 17.8 Å². The van der Waals surface area contributed by atoms with Crippen LogP contribution in [0.15, 0.2) is 4.79 Å². The lowest BCUT2D eigenvalue weighted by Crippen LogP contribution is -2.31. The second-order valence-corrected chi connectivity index (χ2v) is 3.86. The Labute approximate surface area is 104 Å². The molecule has 0 saturated heterocycles. The predicted octanol–water partition coefficient (Wildman–Crippen LogP) is 0.351. The Morgan fingerprint density at radius 2 is 2.06 bits per heavy atom. The van der Waals surface area contributed by atoms with Gasteiger partial charge in [0.2, 0.25) is 5.95 Å². The molecule has 7 nitrogen and oxygen atoms in total. The van der Waals surface area contributed by atoms with Gasteiger partial charge in [-0.2, -0.15) is 4.98 Å². The lowest BCUT2D eigenvalue weighted by Gasteiger charge is -2.08. The molecule has 0 aliphatic rings. The van der Waals surface area contributed by atoms with Crippen LogP contribution in [0, 0.1) is 6.92 Å². The largest absolute Gasteiger partial charge is 0.338 e. The summed E-state index contributed by atoms with van der Waals surface area (Å²) >= 11 is 0. The maximum Gasteiger partial charge on any atom is 0.321 e. The molecule has 1 heterocycles. The van der Waals surface area contributed by atoms with Crippen molar-refractivity contribution in [3.05, 3.63) is 21.6 Å². The van der Waals surface area contributed by atoms with E-state index in [4.69, 9.17) is 0 Å². The number of aromatic nitrogens is 2. The van der Waals surface area contributed by atoms with E-state index in [9.17, 15) is 14.4 Å². The van der Waals surface area contributed by atoms with Gasteiger partial charge < -0.3 is 10.3 Å². The van der Waals surface area contributed by atoms with Gasteiger partial charge >= 0.3 is 6.03 Å². The number of amides is 2. The number of anilines is 1. The summed E-state index contributed by atoms with van der Waals surface area (Å²) in [6.45, 7) is 5.30. The number of Topliss-reactive ketones (excluding diaryl/α,β-unsaturated/α-hetero) is 1. The van der Waals surface area contributed by atoms with Crippen molar-refractivity contribution in [2.45, 2.75) is 27.2 Å². The van der Waals surface area contributed by atoms with Gasteiger partial charge in [0.1, 0.15) is 5.78 Å². The SMILES string of the molecule is CCNC(=O)Nc1nc(=O)c(CC(C)=O)c(C)[nH]1. The highest BCUT2D eigenvalue weighted by Gasteiger charge is 2.11. The Morgan fingerprint density at radius 1 is 1.39 bits per heavy atom. The van der Waals surface area contributed by atoms with Crippen LogP contribution in [-0.2, 0) is 11.2 Å². The van der Waals surface area contributed by atoms with Gasteiger partial charge in [-0.05, 0) is 20.8 Å². The van der Waals surface area contributed by atoms with Crippen molar-refractivity contribution in [3.63, 3.8) is 0 Å². The number of carbonyl (C=O) groups excluding carboxylic acids is 2. The molecule has 0 atom stereocenters. The van der Waals surface area contributed by atoms with Crippen LogP contribution in [0.25, 0.3) is 0 Å². The van der Waals surface area contributed by atoms with Gasteiger partial charge in [-0.15, -0.1) is 0 Å². The molecule has 0 aliphatic carbocycles. The third-order valence-electron chi connectivity index (χ3n) is 2.23. The van der Waals surface area contributed by atoms with E-state index in [1.165, 1.54) is 6.92 Å². The molecular formula is C11H16N4O3. The van der Waals surface area contributed by atoms with Gasteiger partial charge in [-0.25, -0.2) is 4.79 Å². The van der Waals surface area contributed by atoms with Crippen LogP contribution in [0.5, 0.6) is 0 Å². The van der Waals surface area contributed by atoms with Gasteiger partial charge in [-0.3, -0.25) is 14.9 Å². The minimum atomic E-state index is -0.506. The highest BCUT2D eigenvalue weighted by molar-refractivity contribution is 5.87. The number of hydrogen-bond acceptors (Lipinski definition) is 4. The molecule has 3 N–H and O–H groups in total. The van der Waals surface area contributed by atoms with E-state index in [0.29, 0.717) is 17.8 Å². The van der Waals surface area contributed by atoms with Crippen LogP contribution >= 0.6 is 0 Å². The zero-order chi connectivity index (χ0) is 13.7. The summed E-state index contributed by atoms with van der Waals surface area (Å²) < 4.78 is 0. The Bertz CT molecular complexity index is 522. The molecule has 0 unspecified atom stereocenters. The molecule has 1 aromatic heterocycles. The summed E-state index contributed by atoms with van der Waals surface area (Å²) in [5.74, 6) is -0.0504. The number of hydrogen-bond donors (Lipinski definition) is 3. The molecule has 0 bridgehead atoms. The van der Waals surface area contributed by atoms with Crippen LogP contribution < -0.4 is 16.2 Å². The van der Waals surface area contributed by atoms with E-state index < -0.39 is 11.6 Å². The van der Waals surface area contributed by atoms with E-state index in [-0.39, 0.29) is 18.2 Å². The first-order chi connectivity index (χ1) is 8.43. The third-order valence-corrected chi connectivity index (χ3v) is 2.23. The Kier molecular flexibility index (Phi) is 4.59. The number of ketones is 1. The highest BCUT2D eigenvalue weighted by Crippen LogP contribution is 2.03. The van der Waals surface area contributed by atoms with E-state index in [1.807, 2.05) is 0 Å². The maximum absolute atomic E-state index is 11.7. The Balaban J connectivity index is 2.96. The van der Waals surface area contributed by atoms with Crippen LogP contribution in [0.3, 0.4) is 0 Å². The molecule has 0 fully saturated rings. The first-order valence-corrected chi connectivity index (χ1v) is 5.58. The van der Waals surface area contributed by atoms with Crippen molar-refractivity contribution in [2.75, 3.05) is 11.9 Å². The summed E-state index contributed by atoms with van der Waals surface area (Å²) in [7, 11) is 0. The number of aromatic amines is 1. The highest BCUT2D eigenvalue weighted by atomic mass is 16.2. The summed E-state index contributed by atoms with van der Waals surface area (Å²) in [6, 6.07) is -0.445. The van der Waals surface area contributed by atoms with Crippen LogP contribution in [-0.4, -0.2) is 28.3 Å². The van der Waals surface area contributed by atoms with Gasteiger partial charge in [0.25, 0.3) is 5.56 Å². The summed E-state index contributed by atoms with van der Waals surface area (Å²) in [6.07, 6.45) is 0.0373. The lowest BCUT2D eigenvalue weighted by atomic mass is 10.1. The molecule has 1 aromatic rings. The van der Waals surface area contributed by atoms with Crippen molar-refractivity contribution in [3.8, 4) is 0 Å². The van der Waals surface area contributed by atoms with E-state index in [0.717, 1.165) is 0 Å². The molecule has 0 saturated carbocycles. The van der Waals surface area contributed by atoms with Gasteiger partial charge in [-0.1, -0.05) is 0 Å². The van der Waals surface area contributed by atoms with Gasteiger partial charge in [0.05, 0.1) is 0 Å². The molecule has 18 heavy (non-hydrogen) atoms. The number of aryl methyl sites for hydroxylation is 1. The summed E-state index contributed by atoms with van der Waals surface area (Å²) in [4.78, 5) is 40.4. The smallest absolute Gasteiger partial charge is 0.321 e. The first-order valence-electron chi connectivity index (χ1n) is 5.58. The predicted molar refractivity (Wildman–Crippen MR) is 66.7 cm³/mol. The fourth-order valence-electron chi connectivity index (χ4n) is 1.44. The minimum Gasteiger partial charge on any atom is -0.338 e. The molecule has 1 rings (SSSR count). The average Bonchev–Trinajstić information content (AvgIpc) is 2.23. The lowest BCUT2D eigenvalue weighted by molar-refractivity contribution is -0.116. The monoisotopic (exact) mass is 252 g/mol. The summed E-state index contributed by atoms with van der Waals surface area (Å²) in [5.41, 5.74) is 0.342. The van der Waals surface area contributed by atoms with Crippen LogP contribution in [0.1, 0.15) is 25.1 Å². The third kappa shape index (κ3) is 3.69. The van der Waals surface area contributed by atoms with Crippen molar-refractivity contribution in [1.29, 1.82) is 0 Å². The Morgan fingerprint density at radius 3 is 2.56 bits per heavy atom. The molecule has 98 valence electrons. The van der Waals surface area contributed by atoms with E-state index >= 15 is 0 Å². The number of H-pyrrole nitrogens is 1. The van der Waals surface area contributed by atoms with Crippen molar-refractivity contribution < 1.29 is 9.59 Å². The zero-order valence-corrected chi connectivity index (χ0v) is 10.6. The zero-order valence-electron chi connectivity index (χ0n) is 10.6. The van der Waals surface area contributed by atoms with E-state index in [1.54, 1.807) is 13.8 Å². The quantitative estimate of drug-likeness (QED) is 0.719. The molecule has 2 amide bonds. The van der Waals surface area contributed by atoms with Crippen molar-refractivity contribution in [1.82, 2.24) is 15.3 Å². The molecular weight excluding hydrogens is 236 g/mol. The van der Waals surface area contributed by atoms with Crippen molar-refractivity contribution in [2.24, 2.45) is 0 Å². The van der Waals surface area contributed by atoms with E-state index in [2.05, 4.69) is 20.6 Å². The van der Waals surface area contributed by atoms with Gasteiger partial charge in [0, 0.05) is 24.2 Å². The second-order valence-electron chi connectivity index (χ2n) is 3.86. The maximum atomic E-state index is 11.7. The first kappa shape index (κ1) is 13.9. The normalized spacial score (nSPS) is 9.94. The van der Waals surface area contributed by atoms with Crippen LogP contribution in [0.4, 0.5) is 10.7 Å². The molecule has 0 aliphatic heterocycles. The Hall–Kier alpha value is -2.18. The fourth-order valence-corrected chi connectivity index (χ4v) is 1.44. The number of rotatable bonds is 4. The second kappa shape index (κ2) is 5.95. The standard InChI is InChI=1S/C11H16N4O3/c1-4-12-11(18)15-10-13-7(3)8(5-6(2)16)9(17)14-10/h4-5H2,1-3H3,(H3,12,13,14,15,17,18). The molecule has 0 radical (unpaired) electrons. The van der Waals surface area contributed by atoms with Crippen LogP contribution in [0.2, 0.25) is 0 Å². The number of carbonyl (C=O) groups is 2. The fraction of sp³-hybridized carbons (Fsp3) is 0.455. The topological polar surface area (TPSA) is 104 Å². The molecule has 0 spiro atoms. The summed E-state index contributed by atoms with van der Waals surface area (Å²) in [5, 5.41) is 4.92. The number of nitrogens with one attached hydrogen (secondary N) is 3. The number of urea groups is 1. The average molecular weight is 252 g/mol. The molecule has 7 heteroatoms. The van der Waals surface area contributed by atoms with Gasteiger partial charge in [0.15, 0.2) is 0 Å².